The number of morpholine rings is 1. The van der Waals surface area contributed by atoms with Crippen molar-refractivity contribution in [1.29, 1.82) is 0 Å². The molecule has 0 aliphatic carbocycles. The quantitative estimate of drug-likeness (QED) is 0.874. The Labute approximate surface area is 158 Å². The number of benzene rings is 1. The van der Waals surface area contributed by atoms with Crippen LogP contribution in [0.3, 0.4) is 0 Å². The second-order valence-corrected chi connectivity index (χ2v) is 6.66. The summed E-state index contributed by atoms with van der Waals surface area (Å²) in [5, 5.41) is 3.66. The number of halogens is 1. The molecule has 1 saturated heterocycles. The average molecular weight is 375 g/mol. The largest absolute Gasteiger partial charge is 0.378 e. The molecule has 2 aromatic rings. The van der Waals surface area contributed by atoms with Gasteiger partial charge in [-0.3, -0.25) is 0 Å². The number of aromatic nitrogens is 1. The number of urea groups is 1. The van der Waals surface area contributed by atoms with Crippen LogP contribution in [0, 0.1) is 0 Å². The second kappa shape index (κ2) is 8.87. The van der Waals surface area contributed by atoms with E-state index >= 15 is 0 Å². The zero-order chi connectivity index (χ0) is 18.4. The van der Waals surface area contributed by atoms with Gasteiger partial charge in [0.05, 0.1) is 13.2 Å². The van der Waals surface area contributed by atoms with Gasteiger partial charge < -0.3 is 19.9 Å². The molecule has 0 bridgehead atoms. The number of rotatable bonds is 5. The number of nitrogens with zero attached hydrogens (tertiary/aromatic N) is 3. The molecule has 2 heterocycles. The molecule has 0 atom stereocenters. The summed E-state index contributed by atoms with van der Waals surface area (Å²) < 4.78 is 5.40. The number of pyridine rings is 1. The van der Waals surface area contributed by atoms with Crippen LogP contribution in [0.5, 0.6) is 0 Å². The highest BCUT2D eigenvalue weighted by molar-refractivity contribution is 6.30. The van der Waals surface area contributed by atoms with Gasteiger partial charge in [-0.2, -0.15) is 0 Å². The smallest absolute Gasteiger partial charge is 0.317 e. The van der Waals surface area contributed by atoms with E-state index in [1.54, 1.807) is 18.1 Å². The Morgan fingerprint density at radius 3 is 2.73 bits per heavy atom. The summed E-state index contributed by atoms with van der Waals surface area (Å²) in [6, 6.07) is 11.3. The third-order valence-electron chi connectivity index (χ3n) is 4.29. The van der Waals surface area contributed by atoms with Crippen molar-refractivity contribution < 1.29 is 9.53 Å². The Kier molecular flexibility index (Phi) is 6.30. The first-order chi connectivity index (χ1) is 12.6. The summed E-state index contributed by atoms with van der Waals surface area (Å²) in [7, 11) is 1.77. The van der Waals surface area contributed by atoms with Crippen molar-refractivity contribution in [3.05, 3.63) is 58.7 Å². The van der Waals surface area contributed by atoms with E-state index in [4.69, 9.17) is 16.3 Å². The summed E-state index contributed by atoms with van der Waals surface area (Å²) >= 11 is 5.90. The normalized spacial score (nSPS) is 14.2. The zero-order valence-corrected chi connectivity index (χ0v) is 15.6. The molecule has 7 heteroatoms. The lowest BCUT2D eigenvalue weighted by Crippen LogP contribution is -2.39. The van der Waals surface area contributed by atoms with E-state index in [1.165, 1.54) is 0 Å². The number of carbonyl (C=O) groups is 1. The number of hydrogen-bond acceptors (Lipinski definition) is 4. The van der Waals surface area contributed by atoms with Crippen molar-refractivity contribution in [1.82, 2.24) is 15.2 Å². The van der Waals surface area contributed by atoms with E-state index in [9.17, 15) is 4.79 Å². The van der Waals surface area contributed by atoms with Gasteiger partial charge in [-0.25, -0.2) is 9.78 Å². The van der Waals surface area contributed by atoms with Crippen molar-refractivity contribution in [2.45, 2.75) is 13.1 Å². The van der Waals surface area contributed by atoms with E-state index in [-0.39, 0.29) is 6.03 Å². The molecule has 1 aromatic heterocycles. The fourth-order valence-corrected chi connectivity index (χ4v) is 3.00. The van der Waals surface area contributed by atoms with E-state index < -0.39 is 0 Å². The molecule has 3 rings (SSSR count). The zero-order valence-electron chi connectivity index (χ0n) is 14.8. The predicted octanol–water partition coefficient (Wildman–Crippen LogP) is 2.91. The SMILES string of the molecule is CN(Cc1ccc(Cl)cc1)C(=O)NCc1cccnc1N1CCOCC1. The lowest BCUT2D eigenvalue weighted by Gasteiger charge is -2.29. The topological polar surface area (TPSA) is 57.7 Å². The second-order valence-electron chi connectivity index (χ2n) is 6.23. The van der Waals surface area contributed by atoms with Crippen molar-refractivity contribution in [2.75, 3.05) is 38.3 Å². The van der Waals surface area contributed by atoms with Gasteiger partial charge in [-0.15, -0.1) is 0 Å². The number of ether oxygens (including phenoxy) is 1. The number of nitrogens with one attached hydrogen (secondary N) is 1. The summed E-state index contributed by atoms with van der Waals surface area (Å²) in [5.41, 5.74) is 2.03. The van der Waals surface area contributed by atoms with Crippen molar-refractivity contribution in [3.8, 4) is 0 Å². The van der Waals surface area contributed by atoms with E-state index in [1.807, 2.05) is 36.4 Å². The van der Waals surface area contributed by atoms with Gasteiger partial charge >= 0.3 is 6.03 Å². The molecule has 2 amide bonds. The number of hydrogen-bond donors (Lipinski definition) is 1. The molecule has 0 saturated carbocycles. The molecule has 138 valence electrons. The van der Waals surface area contributed by atoms with Crippen LogP contribution in [0.25, 0.3) is 0 Å². The van der Waals surface area contributed by atoms with Crippen LogP contribution >= 0.6 is 11.6 Å². The van der Waals surface area contributed by atoms with Gasteiger partial charge in [0.1, 0.15) is 5.82 Å². The van der Waals surface area contributed by atoms with E-state index in [0.29, 0.717) is 31.3 Å². The van der Waals surface area contributed by atoms with E-state index in [2.05, 4.69) is 15.2 Å². The van der Waals surface area contributed by atoms with Crippen LogP contribution in [0.2, 0.25) is 5.02 Å². The van der Waals surface area contributed by atoms with Crippen LogP contribution in [-0.4, -0.2) is 49.3 Å². The average Bonchev–Trinajstić information content (AvgIpc) is 2.68. The van der Waals surface area contributed by atoms with Gasteiger partial charge in [0.15, 0.2) is 0 Å². The fourth-order valence-electron chi connectivity index (χ4n) is 2.87. The molecule has 1 aromatic carbocycles. The van der Waals surface area contributed by atoms with Gasteiger partial charge in [0.2, 0.25) is 0 Å². The summed E-state index contributed by atoms with van der Waals surface area (Å²) in [4.78, 5) is 20.7. The Balaban J connectivity index is 1.58. The van der Waals surface area contributed by atoms with Crippen LogP contribution in [0.15, 0.2) is 42.6 Å². The van der Waals surface area contributed by atoms with Crippen LogP contribution in [-0.2, 0) is 17.8 Å². The Bertz CT molecular complexity index is 733. The van der Waals surface area contributed by atoms with E-state index in [0.717, 1.165) is 30.0 Å². The van der Waals surface area contributed by atoms with Crippen molar-refractivity contribution in [3.63, 3.8) is 0 Å². The molecule has 0 unspecified atom stereocenters. The minimum Gasteiger partial charge on any atom is -0.378 e. The van der Waals surface area contributed by atoms with Gasteiger partial charge in [0, 0.05) is 50.0 Å². The molecule has 0 radical (unpaired) electrons. The number of carbonyl (C=O) groups excluding carboxylic acids is 1. The Morgan fingerprint density at radius 1 is 1.27 bits per heavy atom. The fraction of sp³-hybridized carbons (Fsp3) is 0.368. The predicted molar refractivity (Wildman–Crippen MR) is 102 cm³/mol. The van der Waals surface area contributed by atoms with Crippen molar-refractivity contribution in [2.24, 2.45) is 0 Å². The lowest BCUT2D eigenvalue weighted by molar-refractivity contribution is 0.122. The maximum absolute atomic E-state index is 12.4. The maximum Gasteiger partial charge on any atom is 0.317 e. The standard InChI is InChI=1S/C19H23ClN4O2/c1-23(14-15-4-6-17(20)7-5-15)19(25)22-13-16-3-2-8-21-18(16)24-9-11-26-12-10-24/h2-8H,9-14H2,1H3,(H,22,25). The monoisotopic (exact) mass is 374 g/mol. The third kappa shape index (κ3) is 4.86. The minimum absolute atomic E-state index is 0.128. The first-order valence-corrected chi connectivity index (χ1v) is 9.01. The molecule has 1 aliphatic rings. The molecule has 26 heavy (non-hydrogen) atoms. The summed E-state index contributed by atoms with van der Waals surface area (Å²) in [6.45, 7) is 3.98. The first kappa shape index (κ1) is 18.5. The molecule has 0 spiro atoms. The lowest BCUT2D eigenvalue weighted by atomic mass is 10.2. The van der Waals surface area contributed by atoms with Gasteiger partial charge in [-0.1, -0.05) is 29.8 Å². The molecular weight excluding hydrogens is 352 g/mol. The molecule has 1 fully saturated rings. The molecule has 6 nitrogen and oxygen atoms in total. The summed E-state index contributed by atoms with van der Waals surface area (Å²) in [5.74, 6) is 0.913. The minimum atomic E-state index is -0.128. The Morgan fingerprint density at radius 2 is 2.00 bits per heavy atom. The maximum atomic E-state index is 12.4. The van der Waals surface area contributed by atoms with Gasteiger partial charge in [0.25, 0.3) is 0 Å². The highest BCUT2D eigenvalue weighted by Crippen LogP contribution is 2.18. The molecule has 1 aliphatic heterocycles. The molecule has 1 N–H and O–H groups in total. The van der Waals surface area contributed by atoms with Crippen LogP contribution in [0.1, 0.15) is 11.1 Å². The van der Waals surface area contributed by atoms with Crippen LogP contribution < -0.4 is 10.2 Å². The van der Waals surface area contributed by atoms with Gasteiger partial charge in [-0.05, 0) is 23.8 Å². The highest BCUT2D eigenvalue weighted by Gasteiger charge is 2.17. The number of amides is 2. The van der Waals surface area contributed by atoms with Crippen molar-refractivity contribution >= 4 is 23.4 Å². The first-order valence-electron chi connectivity index (χ1n) is 8.63. The number of anilines is 1. The Hall–Kier alpha value is -2.31. The highest BCUT2D eigenvalue weighted by atomic mass is 35.5. The van der Waals surface area contributed by atoms with Crippen LogP contribution in [0.4, 0.5) is 10.6 Å². The third-order valence-corrected chi connectivity index (χ3v) is 4.54. The summed E-state index contributed by atoms with van der Waals surface area (Å²) in [6.07, 6.45) is 1.78. The molecular formula is C19H23ClN4O2.